The van der Waals surface area contributed by atoms with Crippen molar-refractivity contribution in [3.8, 4) is 0 Å². The third-order valence-corrected chi connectivity index (χ3v) is 3.89. The third-order valence-electron chi connectivity index (χ3n) is 3.89. The van der Waals surface area contributed by atoms with Gasteiger partial charge in [0.15, 0.2) is 0 Å². The number of rotatable bonds is 7. The summed E-state index contributed by atoms with van der Waals surface area (Å²) >= 11 is 0. The number of anilines is 1. The van der Waals surface area contributed by atoms with E-state index >= 15 is 0 Å². The number of carbonyl (C=O) groups excluding carboxylic acids is 2. The summed E-state index contributed by atoms with van der Waals surface area (Å²) in [6.45, 7) is 7.25. The van der Waals surface area contributed by atoms with Crippen LogP contribution >= 0.6 is 0 Å². The molecule has 0 aliphatic heterocycles. The fraction of sp³-hybridized carbons (Fsp3) is 0.316. The molecule has 0 fully saturated rings. The van der Waals surface area contributed by atoms with Crippen molar-refractivity contribution in [2.24, 2.45) is 0 Å². The van der Waals surface area contributed by atoms with Crippen LogP contribution in [0.3, 0.4) is 0 Å². The molecular formula is C19H24N4O2. The molecule has 2 N–H and O–H groups in total. The van der Waals surface area contributed by atoms with E-state index < -0.39 is 11.8 Å². The Morgan fingerprint density at radius 3 is 2.40 bits per heavy atom. The van der Waals surface area contributed by atoms with Gasteiger partial charge in [-0.15, -0.1) is 0 Å². The summed E-state index contributed by atoms with van der Waals surface area (Å²) in [6.07, 6.45) is 3.28. The van der Waals surface area contributed by atoms with Crippen LogP contribution in [-0.2, 0) is 22.7 Å². The topological polar surface area (TPSA) is 74.3 Å². The monoisotopic (exact) mass is 340 g/mol. The summed E-state index contributed by atoms with van der Waals surface area (Å²) in [4.78, 5) is 30.2. The van der Waals surface area contributed by atoms with Crippen LogP contribution in [-0.4, -0.2) is 34.8 Å². The van der Waals surface area contributed by atoms with Crippen molar-refractivity contribution >= 4 is 17.5 Å². The van der Waals surface area contributed by atoms with Crippen molar-refractivity contribution in [2.75, 3.05) is 18.4 Å². The first-order valence-electron chi connectivity index (χ1n) is 8.41. The lowest BCUT2D eigenvalue weighted by Gasteiger charge is -2.18. The number of aromatic nitrogens is 1. The number of pyridine rings is 1. The molecule has 0 atom stereocenters. The zero-order chi connectivity index (χ0) is 18.1. The number of benzene rings is 1. The van der Waals surface area contributed by atoms with Gasteiger partial charge in [0.25, 0.3) is 0 Å². The van der Waals surface area contributed by atoms with Gasteiger partial charge >= 0.3 is 11.8 Å². The van der Waals surface area contributed by atoms with Crippen LogP contribution in [0.5, 0.6) is 0 Å². The minimum absolute atomic E-state index is 0.288. The van der Waals surface area contributed by atoms with E-state index in [4.69, 9.17) is 0 Å². The molecule has 0 aliphatic carbocycles. The Hall–Kier alpha value is -2.73. The molecule has 6 heteroatoms. The average Bonchev–Trinajstić information content (AvgIpc) is 2.65. The van der Waals surface area contributed by atoms with Crippen molar-refractivity contribution in [1.82, 2.24) is 15.2 Å². The van der Waals surface area contributed by atoms with Crippen LogP contribution in [0.2, 0.25) is 0 Å². The quantitative estimate of drug-likeness (QED) is 0.758. The Kier molecular flexibility index (Phi) is 7.10. The second kappa shape index (κ2) is 9.54. The molecule has 0 aliphatic rings. The summed E-state index contributed by atoms with van der Waals surface area (Å²) in [6, 6.07) is 11.1. The zero-order valence-corrected chi connectivity index (χ0v) is 14.7. The molecule has 1 aromatic carbocycles. The molecule has 0 spiro atoms. The number of amides is 2. The van der Waals surface area contributed by atoms with E-state index in [2.05, 4.69) is 34.4 Å². The van der Waals surface area contributed by atoms with Gasteiger partial charge in [0.1, 0.15) is 0 Å². The highest BCUT2D eigenvalue weighted by Gasteiger charge is 2.13. The van der Waals surface area contributed by atoms with Gasteiger partial charge in [0.2, 0.25) is 0 Å². The van der Waals surface area contributed by atoms with E-state index in [-0.39, 0.29) is 6.54 Å². The van der Waals surface area contributed by atoms with E-state index in [9.17, 15) is 9.59 Å². The van der Waals surface area contributed by atoms with Gasteiger partial charge < -0.3 is 10.6 Å². The van der Waals surface area contributed by atoms with E-state index in [0.717, 1.165) is 30.8 Å². The SMILES string of the molecule is CCN(CC)Cc1cccc(NC(=O)C(=O)NCc2ccncc2)c1. The molecule has 132 valence electrons. The van der Waals surface area contributed by atoms with Crippen LogP contribution < -0.4 is 10.6 Å². The molecule has 25 heavy (non-hydrogen) atoms. The highest BCUT2D eigenvalue weighted by molar-refractivity contribution is 6.39. The molecular weight excluding hydrogens is 316 g/mol. The lowest BCUT2D eigenvalue weighted by molar-refractivity contribution is -0.136. The predicted molar refractivity (Wildman–Crippen MR) is 97.8 cm³/mol. The molecule has 2 aromatic rings. The third kappa shape index (κ3) is 6.00. The van der Waals surface area contributed by atoms with Crippen LogP contribution in [0.1, 0.15) is 25.0 Å². The lowest BCUT2D eigenvalue weighted by Crippen LogP contribution is -2.35. The lowest BCUT2D eigenvalue weighted by atomic mass is 10.2. The molecule has 2 rings (SSSR count). The smallest absolute Gasteiger partial charge is 0.313 e. The van der Waals surface area contributed by atoms with Crippen LogP contribution in [0.4, 0.5) is 5.69 Å². The Balaban J connectivity index is 1.90. The van der Waals surface area contributed by atoms with Crippen molar-refractivity contribution in [3.63, 3.8) is 0 Å². The van der Waals surface area contributed by atoms with E-state index in [1.807, 2.05) is 18.2 Å². The molecule has 0 radical (unpaired) electrons. The fourth-order valence-corrected chi connectivity index (χ4v) is 2.40. The maximum absolute atomic E-state index is 12.0. The molecule has 0 unspecified atom stereocenters. The standard InChI is InChI=1S/C19H24N4O2/c1-3-23(4-2)14-16-6-5-7-17(12-16)22-19(25)18(24)21-13-15-8-10-20-11-9-15/h5-12H,3-4,13-14H2,1-2H3,(H,21,24)(H,22,25). The highest BCUT2D eigenvalue weighted by atomic mass is 16.2. The Labute approximate surface area is 148 Å². The number of nitrogens with one attached hydrogen (secondary N) is 2. The maximum atomic E-state index is 12.0. The van der Waals surface area contributed by atoms with Crippen LogP contribution in [0.15, 0.2) is 48.8 Å². The van der Waals surface area contributed by atoms with Crippen molar-refractivity contribution in [1.29, 1.82) is 0 Å². The van der Waals surface area contributed by atoms with Gasteiger partial charge in [-0.25, -0.2) is 0 Å². The first-order chi connectivity index (χ1) is 12.1. The minimum Gasteiger partial charge on any atom is -0.344 e. The number of nitrogens with zero attached hydrogens (tertiary/aromatic N) is 2. The Morgan fingerprint density at radius 2 is 1.72 bits per heavy atom. The van der Waals surface area contributed by atoms with Crippen molar-refractivity contribution in [2.45, 2.75) is 26.9 Å². The highest BCUT2D eigenvalue weighted by Crippen LogP contribution is 2.12. The molecule has 1 heterocycles. The molecule has 2 amide bonds. The zero-order valence-electron chi connectivity index (χ0n) is 14.7. The number of hydrogen-bond acceptors (Lipinski definition) is 4. The summed E-state index contributed by atoms with van der Waals surface area (Å²) < 4.78 is 0. The van der Waals surface area contributed by atoms with E-state index in [1.54, 1.807) is 30.6 Å². The van der Waals surface area contributed by atoms with E-state index in [1.165, 1.54) is 0 Å². The van der Waals surface area contributed by atoms with Crippen LogP contribution in [0, 0.1) is 0 Å². The predicted octanol–water partition coefficient (Wildman–Crippen LogP) is 2.18. The van der Waals surface area contributed by atoms with Gasteiger partial charge in [0.05, 0.1) is 0 Å². The Morgan fingerprint density at radius 1 is 1.00 bits per heavy atom. The number of hydrogen-bond donors (Lipinski definition) is 2. The fourth-order valence-electron chi connectivity index (χ4n) is 2.40. The normalized spacial score (nSPS) is 10.5. The van der Waals surface area contributed by atoms with Crippen molar-refractivity contribution in [3.05, 3.63) is 59.9 Å². The van der Waals surface area contributed by atoms with Gasteiger partial charge in [0, 0.05) is 31.2 Å². The van der Waals surface area contributed by atoms with E-state index in [0.29, 0.717) is 5.69 Å². The summed E-state index contributed by atoms with van der Waals surface area (Å²) in [7, 11) is 0. The number of carbonyl (C=O) groups is 2. The summed E-state index contributed by atoms with van der Waals surface area (Å²) in [5.74, 6) is -1.33. The minimum atomic E-state index is -0.672. The Bertz CT molecular complexity index is 700. The average molecular weight is 340 g/mol. The molecule has 0 saturated carbocycles. The first kappa shape index (κ1) is 18.6. The van der Waals surface area contributed by atoms with Gasteiger partial charge in [-0.1, -0.05) is 26.0 Å². The van der Waals surface area contributed by atoms with Crippen LogP contribution in [0.25, 0.3) is 0 Å². The largest absolute Gasteiger partial charge is 0.344 e. The van der Waals surface area contributed by atoms with Gasteiger partial charge in [-0.2, -0.15) is 0 Å². The molecule has 1 aromatic heterocycles. The van der Waals surface area contributed by atoms with Crippen molar-refractivity contribution < 1.29 is 9.59 Å². The second-order valence-corrected chi connectivity index (χ2v) is 5.65. The van der Waals surface area contributed by atoms with Gasteiger partial charge in [-0.05, 0) is 48.5 Å². The maximum Gasteiger partial charge on any atom is 0.313 e. The molecule has 0 bridgehead atoms. The summed E-state index contributed by atoms with van der Waals surface area (Å²) in [5.41, 5.74) is 2.60. The summed E-state index contributed by atoms with van der Waals surface area (Å²) in [5, 5.41) is 5.24. The second-order valence-electron chi connectivity index (χ2n) is 5.65. The first-order valence-corrected chi connectivity index (χ1v) is 8.41. The molecule has 0 saturated heterocycles. The van der Waals surface area contributed by atoms with Gasteiger partial charge in [-0.3, -0.25) is 19.5 Å². The molecule has 6 nitrogen and oxygen atoms in total.